The van der Waals surface area contributed by atoms with Crippen LogP contribution in [-0.2, 0) is 6.54 Å². The second-order valence-corrected chi connectivity index (χ2v) is 5.45. The maximum absolute atomic E-state index is 6.26. The van der Waals surface area contributed by atoms with Crippen LogP contribution in [0.1, 0.15) is 50.2 Å². The summed E-state index contributed by atoms with van der Waals surface area (Å²) in [4.78, 5) is 0. The number of aryl methyl sites for hydroxylation is 1. The lowest BCUT2D eigenvalue weighted by Crippen LogP contribution is -2.26. The first-order valence-electron chi connectivity index (χ1n) is 7.19. The number of rotatable bonds is 4. The molecule has 1 aliphatic rings. The van der Waals surface area contributed by atoms with Crippen LogP contribution in [0.5, 0.6) is 5.75 Å². The predicted octanol–water partition coefficient (Wildman–Crippen LogP) is 3.80. The van der Waals surface area contributed by atoms with Crippen LogP contribution in [0.25, 0.3) is 0 Å². The molecule has 0 saturated heterocycles. The van der Waals surface area contributed by atoms with Crippen LogP contribution in [0.2, 0.25) is 0 Å². The lowest BCUT2D eigenvalue weighted by atomic mass is 9.85. The Morgan fingerprint density at radius 3 is 2.89 bits per heavy atom. The van der Waals surface area contributed by atoms with Crippen molar-refractivity contribution in [3.63, 3.8) is 0 Å². The van der Waals surface area contributed by atoms with Crippen LogP contribution in [0, 0.1) is 12.8 Å². The second-order valence-electron chi connectivity index (χ2n) is 5.45. The fraction of sp³-hybridized carbons (Fsp3) is 0.625. The van der Waals surface area contributed by atoms with Crippen LogP contribution in [0.4, 0.5) is 0 Å². The van der Waals surface area contributed by atoms with Crippen molar-refractivity contribution in [1.29, 1.82) is 0 Å². The molecule has 0 heterocycles. The molecule has 0 radical (unpaired) electrons. The highest BCUT2D eigenvalue weighted by Gasteiger charge is 2.23. The van der Waals surface area contributed by atoms with Crippen molar-refractivity contribution in [1.82, 2.24) is 0 Å². The Hall–Kier alpha value is -1.02. The largest absolute Gasteiger partial charge is 0.490 e. The van der Waals surface area contributed by atoms with Gasteiger partial charge in [-0.3, -0.25) is 0 Å². The fourth-order valence-electron chi connectivity index (χ4n) is 2.93. The van der Waals surface area contributed by atoms with Gasteiger partial charge in [-0.05, 0) is 37.7 Å². The molecule has 18 heavy (non-hydrogen) atoms. The summed E-state index contributed by atoms with van der Waals surface area (Å²) in [5.41, 5.74) is 8.14. The van der Waals surface area contributed by atoms with E-state index in [1.165, 1.54) is 37.7 Å². The molecule has 2 N–H and O–H groups in total. The summed E-state index contributed by atoms with van der Waals surface area (Å²) in [5, 5.41) is 0. The molecule has 2 heteroatoms. The molecule has 2 unspecified atom stereocenters. The Kier molecular flexibility index (Phi) is 4.65. The van der Waals surface area contributed by atoms with Crippen molar-refractivity contribution in [3.8, 4) is 5.75 Å². The lowest BCUT2D eigenvalue weighted by Gasteiger charge is -2.30. The molecule has 0 aliphatic heterocycles. The summed E-state index contributed by atoms with van der Waals surface area (Å²) < 4.78 is 6.26. The molecular weight excluding hydrogens is 222 g/mol. The molecule has 1 saturated carbocycles. The zero-order chi connectivity index (χ0) is 13.0. The summed E-state index contributed by atoms with van der Waals surface area (Å²) in [6, 6.07) is 6.23. The van der Waals surface area contributed by atoms with Crippen molar-refractivity contribution < 1.29 is 4.74 Å². The summed E-state index contributed by atoms with van der Waals surface area (Å²) in [7, 11) is 0. The molecule has 2 rings (SSSR count). The molecule has 2 atom stereocenters. The van der Waals surface area contributed by atoms with E-state index < -0.39 is 0 Å². The molecule has 2 nitrogen and oxygen atoms in total. The first-order chi connectivity index (χ1) is 8.74. The van der Waals surface area contributed by atoms with Gasteiger partial charge in [0.2, 0.25) is 0 Å². The highest BCUT2D eigenvalue weighted by atomic mass is 16.5. The van der Waals surface area contributed by atoms with Gasteiger partial charge in [0.05, 0.1) is 6.10 Å². The van der Waals surface area contributed by atoms with Crippen LogP contribution in [-0.4, -0.2) is 6.10 Å². The summed E-state index contributed by atoms with van der Waals surface area (Å²) in [6.45, 7) is 4.95. The van der Waals surface area contributed by atoms with Gasteiger partial charge in [-0.1, -0.05) is 38.0 Å². The van der Waals surface area contributed by atoms with Gasteiger partial charge in [0.1, 0.15) is 5.75 Å². The van der Waals surface area contributed by atoms with Crippen LogP contribution in [0.3, 0.4) is 0 Å². The number of hydrogen-bond donors (Lipinski definition) is 1. The SMILES string of the molecule is CCC1CCCC(Oc2c(C)cccc2CN)C1. The third-order valence-corrected chi connectivity index (χ3v) is 4.11. The molecule has 1 aliphatic carbocycles. The molecule has 1 aromatic carbocycles. The van der Waals surface area contributed by atoms with E-state index in [2.05, 4.69) is 32.0 Å². The highest BCUT2D eigenvalue weighted by molar-refractivity contribution is 5.40. The third kappa shape index (κ3) is 3.05. The number of para-hydroxylation sites is 1. The smallest absolute Gasteiger partial charge is 0.127 e. The monoisotopic (exact) mass is 247 g/mol. The number of hydrogen-bond acceptors (Lipinski definition) is 2. The molecule has 0 bridgehead atoms. The molecule has 1 fully saturated rings. The number of nitrogens with two attached hydrogens (primary N) is 1. The van der Waals surface area contributed by atoms with Crippen molar-refractivity contribution in [2.75, 3.05) is 0 Å². The van der Waals surface area contributed by atoms with E-state index in [4.69, 9.17) is 10.5 Å². The van der Waals surface area contributed by atoms with Gasteiger partial charge >= 0.3 is 0 Å². The van der Waals surface area contributed by atoms with E-state index in [0.717, 1.165) is 17.2 Å². The van der Waals surface area contributed by atoms with Crippen molar-refractivity contribution in [2.45, 2.75) is 58.6 Å². The van der Waals surface area contributed by atoms with Gasteiger partial charge in [-0.2, -0.15) is 0 Å². The zero-order valence-corrected chi connectivity index (χ0v) is 11.6. The van der Waals surface area contributed by atoms with Crippen LogP contribution >= 0.6 is 0 Å². The normalized spacial score (nSPS) is 23.9. The highest BCUT2D eigenvalue weighted by Crippen LogP contribution is 2.32. The van der Waals surface area contributed by atoms with E-state index in [0.29, 0.717) is 12.6 Å². The quantitative estimate of drug-likeness (QED) is 0.878. The van der Waals surface area contributed by atoms with Gasteiger partial charge in [0.15, 0.2) is 0 Å². The average molecular weight is 247 g/mol. The first kappa shape index (κ1) is 13.4. The molecular formula is C16H25NO. The molecule has 0 amide bonds. The number of ether oxygens (including phenoxy) is 1. The van der Waals surface area contributed by atoms with Crippen LogP contribution in [0.15, 0.2) is 18.2 Å². The Balaban J connectivity index is 2.09. The standard InChI is InChI=1S/C16H25NO/c1-3-13-7-5-9-15(10-13)18-16-12(2)6-4-8-14(16)11-17/h4,6,8,13,15H,3,5,7,9-11,17H2,1-2H3. The van der Waals surface area contributed by atoms with Gasteiger partial charge in [-0.25, -0.2) is 0 Å². The van der Waals surface area contributed by atoms with E-state index in [1.807, 2.05) is 0 Å². The first-order valence-corrected chi connectivity index (χ1v) is 7.19. The summed E-state index contributed by atoms with van der Waals surface area (Å²) in [6.07, 6.45) is 6.72. The second kappa shape index (κ2) is 6.24. The van der Waals surface area contributed by atoms with Gasteiger partial charge < -0.3 is 10.5 Å². The minimum atomic E-state index is 0.384. The maximum atomic E-state index is 6.26. The molecule has 0 spiro atoms. The Bertz CT molecular complexity index is 389. The van der Waals surface area contributed by atoms with Gasteiger partial charge in [0.25, 0.3) is 0 Å². The lowest BCUT2D eigenvalue weighted by molar-refractivity contribution is 0.120. The molecule has 0 aromatic heterocycles. The topological polar surface area (TPSA) is 35.2 Å². The summed E-state index contributed by atoms with van der Waals surface area (Å²) in [5.74, 6) is 1.87. The Labute approximate surface area is 111 Å². The van der Waals surface area contributed by atoms with E-state index in [1.54, 1.807) is 0 Å². The summed E-state index contributed by atoms with van der Waals surface area (Å²) >= 11 is 0. The molecule has 1 aromatic rings. The maximum Gasteiger partial charge on any atom is 0.127 e. The number of benzene rings is 1. The molecule has 100 valence electrons. The zero-order valence-electron chi connectivity index (χ0n) is 11.6. The minimum absolute atomic E-state index is 0.384. The van der Waals surface area contributed by atoms with Gasteiger partial charge in [-0.15, -0.1) is 0 Å². The van der Waals surface area contributed by atoms with Crippen molar-refractivity contribution in [2.24, 2.45) is 11.7 Å². The predicted molar refractivity (Wildman–Crippen MR) is 75.7 cm³/mol. The Morgan fingerprint density at radius 1 is 1.33 bits per heavy atom. The van der Waals surface area contributed by atoms with Gasteiger partial charge in [0, 0.05) is 12.1 Å². The van der Waals surface area contributed by atoms with E-state index in [-0.39, 0.29) is 0 Å². The average Bonchev–Trinajstić information content (AvgIpc) is 2.41. The Morgan fingerprint density at radius 2 is 2.17 bits per heavy atom. The van der Waals surface area contributed by atoms with E-state index in [9.17, 15) is 0 Å². The van der Waals surface area contributed by atoms with E-state index >= 15 is 0 Å². The van der Waals surface area contributed by atoms with Crippen LogP contribution < -0.4 is 10.5 Å². The van der Waals surface area contributed by atoms with Crippen molar-refractivity contribution >= 4 is 0 Å². The minimum Gasteiger partial charge on any atom is -0.490 e. The fourth-order valence-corrected chi connectivity index (χ4v) is 2.93. The third-order valence-electron chi connectivity index (χ3n) is 4.11. The van der Waals surface area contributed by atoms with Crippen molar-refractivity contribution in [3.05, 3.63) is 29.3 Å².